The molecule has 2 aliphatic rings. The molecule has 0 bridgehead atoms. The van der Waals surface area contributed by atoms with Crippen molar-refractivity contribution in [1.29, 1.82) is 0 Å². The molecule has 1 saturated heterocycles. The quantitative estimate of drug-likeness (QED) is 0.623. The number of rotatable bonds is 8. The second-order valence-electron chi connectivity index (χ2n) is 9.20. The normalized spacial score (nSPS) is 17.7. The molecule has 35 heavy (non-hydrogen) atoms. The van der Waals surface area contributed by atoms with Gasteiger partial charge in [0.1, 0.15) is 22.9 Å². The van der Waals surface area contributed by atoms with Gasteiger partial charge in [-0.05, 0) is 48.6 Å². The van der Waals surface area contributed by atoms with E-state index in [1.165, 1.54) is 12.1 Å². The van der Waals surface area contributed by atoms with E-state index in [1.807, 2.05) is 0 Å². The number of nitrogens with one attached hydrogen (secondary N) is 1. The van der Waals surface area contributed by atoms with E-state index in [9.17, 15) is 14.0 Å². The predicted molar refractivity (Wildman–Crippen MR) is 131 cm³/mol. The second kappa shape index (κ2) is 11.5. The number of nitrogens with zero attached hydrogens (tertiary/aromatic N) is 2. The zero-order chi connectivity index (χ0) is 24.8. The molecule has 2 aromatic rings. The Hall–Kier alpha value is -3.13. The summed E-state index contributed by atoms with van der Waals surface area (Å²) in [7, 11) is 3.08. The van der Waals surface area contributed by atoms with Gasteiger partial charge in [0.15, 0.2) is 0 Å². The molecule has 1 heterocycles. The monoisotopic (exact) mass is 483 g/mol. The SMILES string of the molecule is COc1cccc(OC)c1C(=O)N1CCN([C@@H](C(=O)NCc2ccc(F)cc2)C2CCCC2)CC1. The van der Waals surface area contributed by atoms with Gasteiger partial charge in [-0.2, -0.15) is 0 Å². The fourth-order valence-electron chi connectivity index (χ4n) is 5.27. The van der Waals surface area contributed by atoms with Crippen molar-refractivity contribution >= 4 is 11.8 Å². The number of carbonyl (C=O) groups excluding carboxylic acids is 2. The molecule has 7 nitrogen and oxygen atoms in total. The molecule has 2 aromatic carbocycles. The summed E-state index contributed by atoms with van der Waals surface area (Å²) in [5.74, 6) is 0.868. The number of piperazine rings is 1. The van der Waals surface area contributed by atoms with Gasteiger partial charge in [0, 0.05) is 32.7 Å². The molecule has 1 saturated carbocycles. The van der Waals surface area contributed by atoms with E-state index < -0.39 is 0 Å². The first-order valence-corrected chi connectivity index (χ1v) is 12.3. The maximum atomic E-state index is 13.4. The van der Waals surface area contributed by atoms with Crippen molar-refractivity contribution in [2.75, 3.05) is 40.4 Å². The Morgan fingerprint density at radius 1 is 0.971 bits per heavy atom. The first kappa shape index (κ1) is 25.0. The zero-order valence-corrected chi connectivity index (χ0v) is 20.5. The van der Waals surface area contributed by atoms with E-state index in [1.54, 1.807) is 49.5 Å². The third-order valence-electron chi connectivity index (χ3n) is 7.13. The Labute approximate surface area is 206 Å². The number of halogens is 1. The molecular formula is C27H34FN3O4. The number of methoxy groups -OCH3 is 2. The van der Waals surface area contributed by atoms with Crippen molar-refractivity contribution in [1.82, 2.24) is 15.1 Å². The number of hydrogen-bond acceptors (Lipinski definition) is 5. The lowest BCUT2D eigenvalue weighted by Gasteiger charge is -2.41. The Morgan fingerprint density at radius 2 is 1.57 bits per heavy atom. The first-order chi connectivity index (χ1) is 17.0. The minimum absolute atomic E-state index is 0.00685. The van der Waals surface area contributed by atoms with Gasteiger partial charge >= 0.3 is 0 Å². The number of carbonyl (C=O) groups is 2. The molecule has 0 spiro atoms. The molecule has 188 valence electrons. The largest absolute Gasteiger partial charge is 0.496 e. The van der Waals surface area contributed by atoms with Crippen LogP contribution in [0.3, 0.4) is 0 Å². The summed E-state index contributed by atoms with van der Waals surface area (Å²) in [4.78, 5) is 30.7. The smallest absolute Gasteiger partial charge is 0.261 e. The van der Waals surface area contributed by atoms with Crippen LogP contribution < -0.4 is 14.8 Å². The lowest BCUT2D eigenvalue weighted by Crippen LogP contribution is -2.57. The maximum Gasteiger partial charge on any atom is 0.261 e. The van der Waals surface area contributed by atoms with Crippen LogP contribution in [0.25, 0.3) is 0 Å². The van der Waals surface area contributed by atoms with E-state index in [0.717, 1.165) is 31.2 Å². The van der Waals surface area contributed by atoms with Gasteiger partial charge in [-0.15, -0.1) is 0 Å². The summed E-state index contributed by atoms with van der Waals surface area (Å²) in [6, 6.07) is 11.3. The predicted octanol–water partition coefficient (Wildman–Crippen LogP) is 3.48. The number of amides is 2. The average molecular weight is 484 g/mol. The molecule has 0 aromatic heterocycles. The van der Waals surface area contributed by atoms with Gasteiger partial charge in [0.2, 0.25) is 5.91 Å². The molecule has 0 unspecified atom stereocenters. The van der Waals surface area contributed by atoms with Crippen LogP contribution in [-0.4, -0.2) is 68.1 Å². The summed E-state index contributed by atoms with van der Waals surface area (Å²) < 4.78 is 24.0. The van der Waals surface area contributed by atoms with Gasteiger partial charge in [-0.1, -0.05) is 31.0 Å². The number of hydrogen-bond donors (Lipinski definition) is 1. The highest BCUT2D eigenvalue weighted by atomic mass is 19.1. The van der Waals surface area contributed by atoms with Crippen LogP contribution in [0.1, 0.15) is 41.6 Å². The van der Waals surface area contributed by atoms with Crippen LogP contribution in [0.5, 0.6) is 11.5 Å². The maximum absolute atomic E-state index is 13.4. The fraction of sp³-hybridized carbons (Fsp3) is 0.481. The van der Waals surface area contributed by atoms with Crippen LogP contribution >= 0.6 is 0 Å². The highest BCUT2D eigenvalue weighted by molar-refractivity contribution is 5.99. The highest BCUT2D eigenvalue weighted by Crippen LogP contribution is 2.33. The van der Waals surface area contributed by atoms with E-state index in [-0.39, 0.29) is 23.7 Å². The second-order valence-corrected chi connectivity index (χ2v) is 9.20. The Kier molecular flexibility index (Phi) is 8.23. The van der Waals surface area contributed by atoms with Crippen LogP contribution in [0.4, 0.5) is 4.39 Å². The van der Waals surface area contributed by atoms with Gasteiger partial charge in [-0.25, -0.2) is 4.39 Å². The topological polar surface area (TPSA) is 71.1 Å². The molecule has 8 heteroatoms. The Bertz CT molecular complexity index is 993. The van der Waals surface area contributed by atoms with Gasteiger partial charge in [0.25, 0.3) is 5.91 Å². The third-order valence-corrected chi connectivity index (χ3v) is 7.13. The van der Waals surface area contributed by atoms with Crippen LogP contribution in [0.15, 0.2) is 42.5 Å². The lowest BCUT2D eigenvalue weighted by atomic mass is 9.94. The van der Waals surface area contributed by atoms with E-state index in [0.29, 0.717) is 55.7 Å². The lowest BCUT2D eigenvalue weighted by molar-refractivity contribution is -0.129. The van der Waals surface area contributed by atoms with Crippen LogP contribution in [0, 0.1) is 11.7 Å². The zero-order valence-electron chi connectivity index (χ0n) is 20.5. The van der Waals surface area contributed by atoms with Gasteiger partial charge in [-0.3, -0.25) is 14.5 Å². The summed E-state index contributed by atoms with van der Waals surface area (Å²) in [5.41, 5.74) is 1.29. The Morgan fingerprint density at radius 3 is 2.14 bits per heavy atom. The minimum Gasteiger partial charge on any atom is -0.496 e. The molecule has 4 rings (SSSR count). The molecule has 2 fully saturated rings. The molecule has 1 atom stereocenters. The van der Waals surface area contributed by atoms with Crippen molar-refractivity contribution in [2.24, 2.45) is 5.92 Å². The standard InChI is InChI=1S/C27H34FN3O4/c1-34-22-8-5-9-23(35-2)24(22)27(33)31-16-14-30(15-17-31)25(20-6-3-4-7-20)26(32)29-18-19-10-12-21(28)13-11-19/h5,8-13,20,25H,3-4,6-7,14-18H2,1-2H3,(H,29,32)/t25-/m1/s1. The van der Waals surface area contributed by atoms with Crippen molar-refractivity contribution in [3.63, 3.8) is 0 Å². The van der Waals surface area contributed by atoms with E-state index in [4.69, 9.17) is 9.47 Å². The fourth-order valence-corrected chi connectivity index (χ4v) is 5.27. The molecule has 2 amide bonds. The van der Waals surface area contributed by atoms with Crippen molar-refractivity contribution < 1.29 is 23.5 Å². The van der Waals surface area contributed by atoms with Gasteiger partial charge in [0.05, 0.1) is 20.3 Å². The average Bonchev–Trinajstić information content (AvgIpc) is 3.42. The first-order valence-electron chi connectivity index (χ1n) is 12.3. The van der Waals surface area contributed by atoms with Gasteiger partial charge < -0.3 is 19.7 Å². The molecule has 1 aliphatic carbocycles. The number of benzene rings is 2. The summed E-state index contributed by atoms with van der Waals surface area (Å²) in [6.45, 7) is 2.65. The molecule has 1 N–H and O–H groups in total. The minimum atomic E-state index is -0.290. The summed E-state index contributed by atoms with van der Waals surface area (Å²) in [5, 5.41) is 3.07. The molecule has 1 aliphatic heterocycles. The highest BCUT2D eigenvalue weighted by Gasteiger charge is 2.37. The summed E-state index contributed by atoms with van der Waals surface area (Å²) >= 11 is 0. The van der Waals surface area contributed by atoms with Crippen molar-refractivity contribution in [3.05, 3.63) is 59.4 Å². The van der Waals surface area contributed by atoms with Crippen molar-refractivity contribution in [3.8, 4) is 11.5 Å². The molecular weight excluding hydrogens is 449 g/mol. The van der Waals surface area contributed by atoms with Crippen molar-refractivity contribution in [2.45, 2.75) is 38.3 Å². The van der Waals surface area contributed by atoms with E-state index >= 15 is 0 Å². The third kappa shape index (κ3) is 5.75. The Balaban J connectivity index is 1.42. The van der Waals surface area contributed by atoms with E-state index in [2.05, 4.69) is 10.2 Å². The molecule has 0 radical (unpaired) electrons. The van der Waals surface area contributed by atoms with Crippen LogP contribution in [0.2, 0.25) is 0 Å². The number of ether oxygens (including phenoxy) is 2. The van der Waals surface area contributed by atoms with Crippen LogP contribution in [-0.2, 0) is 11.3 Å². The summed E-state index contributed by atoms with van der Waals surface area (Å²) in [6.07, 6.45) is 4.34.